The van der Waals surface area contributed by atoms with Gasteiger partial charge in [0.15, 0.2) is 17.7 Å². The average molecular weight is 1400 g/mol. The molecule has 4 saturated carbocycles. The van der Waals surface area contributed by atoms with E-state index in [1.807, 2.05) is 127 Å². The minimum absolute atomic E-state index is 0.0206. The molecule has 5 aliphatic heterocycles. The number of H-pyrrole nitrogens is 1. The van der Waals surface area contributed by atoms with Crippen LogP contribution in [-0.4, -0.2) is 192 Å². The lowest BCUT2D eigenvalue weighted by Gasteiger charge is -2.63. The number of fused-ring (bicyclic) bond motifs is 11. The smallest absolute Gasteiger partial charge is 0.344 e. The molecule has 1 unspecified atom stereocenters. The molecule has 8 N–H and O–H groups in total. The van der Waals surface area contributed by atoms with E-state index in [9.17, 15) is 54.0 Å². The minimum atomic E-state index is -2.55. The van der Waals surface area contributed by atoms with Crippen molar-refractivity contribution in [1.82, 2.24) is 31.0 Å². The van der Waals surface area contributed by atoms with Crippen molar-refractivity contribution in [3.63, 3.8) is 0 Å². The van der Waals surface area contributed by atoms with Crippen molar-refractivity contribution in [2.45, 2.75) is 178 Å². The van der Waals surface area contributed by atoms with Gasteiger partial charge in [-0.2, -0.15) is 0 Å². The lowest BCUT2D eigenvalue weighted by Crippen LogP contribution is -2.81. The third-order valence-electron chi connectivity index (χ3n) is 25.6. The number of methoxy groups -OCH3 is 3. The number of carbonyl (C=O) groups is 8. The monoisotopic (exact) mass is 1400 g/mol. The summed E-state index contributed by atoms with van der Waals surface area (Å²) in [6.45, 7) is 16.0. The van der Waals surface area contributed by atoms with Crippen LogP contribution in [0.4, 0.5) is 5.69 Å². The molecule has 2 saturated heterocycles. The number of aromatic amines is 1. The number of aliphatic hydroxyl groups excluding tert-OH is 1. The summed E-state index contributed by atoms with van der Waals surface area (Å²) in [4.78, 5) is 115. The third kappa shape index (κ3) is 11.3. The van der Waals surface area contributed by atoms with Crippen molar-refractivity contribution in [3.05, 3.63) is 130 Å². The summed E-state index contributed by atoms with van der Waals surface area (Å²) in [5.74, 6) is -2.82. The van der Waals surface area contributed by atoms with Gasteiger partial charge in [0.25, 0.3) is 5.91 Å². The summed E-state index contributed by atoms with van der Waals surface area (Å²) in [7, 11) is 5.87. The van der Waals surface area contributed by atoms with Crippen molar-refractivity contribution in [1.29, 1.82) is 0 Å². The Morgan fingerprint density at radius 3 is 2.24 bits per heavy atom. The molecule has 10 aliphatic rings. The fourth-order valence-corrected chi connectivity index (χ4v) is 21.4. The molecular formula is C79H101N7O16. The predicted octanol–water partition coefficient (Wildman–Crippen LogP) is 6.33. The van der Waals surface area contributed by atoms with Crippen LogP contribution in [0.15, 0.2) is 96.6 Å². The highest BCUT2D eigenvalue weighted by Crippen LogP contribution is 2.70. The van der Waals surface area contributed by atoms with Crippen molar-refractivity contribution in [2.24, 2.45) is 39.9 Å². The molecule has 6 fully saturated rings. The van der Waals surface area contributed by atoms with E-state index in [-0.39, 0.29) is 65.8 Å². The fourth-order valence-electron chi connectivity index (χ4n) is 21.4. The van der Waals surface area contributed by atoms with Gasteiger partial charge in [-0.05, 0) is 156 Å². The highest BCUT2D eigenvalue weighted by atomic mass is 16.6. The fraction of sp³-hybridized carbons (Fsp3) is 0.570. The molecular weight excluding hydrogens is 1300 g/mol. The Hall–Kier alpha value is -7.74. The van der Waals surface area contributed by atoms with Crippen LogP contribution in [0.1, 0.15) is 151 Å². The maximum atomic E-state index is 15.2. The quantitative estimate of drug-likeness (QED) is 0.0212. The summed E-state index contributed by atoms with van der Waals surface area (Å²) >= 11 is 0. The molecule has 4 aromatic rings. The number of ketones is 3. The number of hydrazine groups is 1. The number of nitrogens with one attached hydrogen (secondary N) is 4. The van der Waals surface area contributed by atoms with E-state index in [1.165, 1.54) is 33.2 Å². The maximum absolute atomic E-state index is 15.2. The molecule has 2 amide bonds. The van der Waals surface area contributed by atoms with E-state index >= 15 is 4.79 Å². The van der Waals surface area contributed by atoms with Crippen LogP contribution in [0.5, 0.6) is 5.75 Å². The Balaban J connectivity index is 0.000000190. The van der Waals surface area contributed by atoms with Crippen molar-refractivity contribution < 1.29 is 77.7 Å². The summed E-state index contributed by atoms with van der Waals surface area (Å²) < 4.78 is 23.9. The van der Waals surface area contributed by atoms with E-state index in [1.54, 1.807) is 12.2 Å². The molecule has 14 rings (SSSR count). The number of para-hydroxylation sites is 1. The molecule has 6 heterocycles. The number of allylic oxidation sites excluding steroid dienone is 4. The molecule has 5 aliphatic carbocycles. The van der Waals surface area contributed by atoms with Crippen LogP contribution in [0.2, 0.25) is 0 Å². The number of ether oxygens (including phenoxy) is 4. The van der Waals surface area contributed by atoms with Crippen LogP contribution in [-0.2, 0) is 71.6 Å². The Morgan fingerprint density at radius 1 is 0.853 bits per heavy atom. The largest absolute Gasteiger partial charge is 0.494 e. The summed E-state index contributed by atoms with van der Waals surface area (Å²) in [6.07, 6.45) is 13.6. The van der Waals surface area contributed by atoms with Crippen molar-refractivity contribution >= 4 is 64.2 Å². The number of anilines is 1. The number of Topliss-reactive ketones (excluding diaryl/α,β-unsaturated/α-hetero) is 2. The molecule has 0 radical (unpaired) electrons. The summed E-state index contributed by atoms with van der Waals surface area (Å²) in [5, 5.41) is 49.5. The number of rotatable bonds is 15. The first-order chi connectivity index (χ1) is 48.6. The average Bonchev–Trinajstić information content (AvgIpc) is 1.46. The van der Waals surface area contributed by atoms with Gasteiger partial charge in [-0.3, -0.25) is 54.2 Å². The second-order valence-electron chi connectivity index (χ2n) is 31.0. The number of amides is 2. The highest BCUT2D eigenvalue weighted by Gasteiger charge is 2.81. The van der Waals surface area contributed by atoms with Crippen molar-refractivity contribution in [2.75, 3.05) is 72.6 Å². The first-order valence-electron chi connectivity index (χ1n) is 36.2. The van der Waals surface area contributed by atoms with E-state index in [0.29, 0.717) is 112 Å². The molecule has 1 spiro atoms. The normalized spacial score (nSPS) is 35.1. The minimum Gasteiger partial charge on any atom is -0.494 e. The number of aliphatic hydroxyl groups is 4. The Bertz CT molecular complexity index is 4090. The number of nitrogens with zero attached hydrogens (tertiary/aromatic N) is 3. The third-order valence-corrected chi connectivity index (χ3v) is 25.6. The standard InChI is InChI=1S/C46H56N4O10.C21H26O5.C12H19N3O/c1-7-42(55)22-28-23-45(40(53)58-5,36-30(16-20-48(24-28)25-42)29-12-9-10-13-33(29)47-36)32-15-14-31-34(35(32)57-4)50(26-51)38-44(31)18-21-49-19-11-17-43(8-2,37(44)49)39(60-27(3)52)46(38,56)41(54)59-6;1-19-7-5-13(23)9-12(19)3-4-14-15-6-8-21(26,17(25)11-22)20(15,2)10-16(24)18(14)19;1-9(2)15-12(16)11-6-4-10(5-7-11)8-14-13-3/h9-15,17,26,28,37-39,47,55-56H,7-8,16,18-25H2,1-6H3;5,7,9,14-15,18,22,26H,3-4,6,8,10-11H2,1-2H3;4-7,9,13-14H,8H2,1-3H3,(H,15,16)/t28-,37-,38+,39+,42-,43+,44+,45-,46-;14-,15-,18+,19-,20-,21-;/m00./s1. The van der Waals surface area contributed by atoms with Gasteiger partial charge in [0.2, 0.25) is 12.0 Å². The zero-order chi connectivity index (χ0) is 73.4. The molecule has 16 atom stereocenters. The lowest BCUT2D eigenvalue weighted by molar-refractivity contribution is -0.228. The van der Waals surface area contributed by atoms with Gasteiger partial charge in [-0.15, -0.1) is 0 Å². The Morgan fingerprint density at radius 2 is 1.58 bits per heavy atom. The van der Waals surface area contributed by atoms with Crippen LogP contribution < -0.4 is 25.8 Å². The second-order valence-corrected chi connectivity index (χ2v) is 31.0. The molecule has 23 nitrogen and oxygen atoms in total. The Kier molecular flexibility index (Phi) is 20.1. The summed E-state index contributed by atoms with van der Waals surface area (Å²) in [5.41, 5.74) is 2.49. The van der Waals surface area contributed by atoms with E-state index in [0.717, 1.165) is 47.0 Å². The number of hydrogen-bond acceptors (Lipinski definition) is 20. The topological polar surface area (TPSA) is 316 Å². The molecule has 2 bridgehead atoms. The molecule has 102 heavy (non-hydrogen) atoms. The van der Waals surface area contributed by atoms with Crippen LogP contribution in [0.3, 0.4) is 0 Å². The zero-order valence-electron chi connectivity index (χ0n) is 60.6. The first kappa shape index (κ1) is 74.0. The van der Waals surface area contributed by atoms with Gasteiger partial charge in [0, 0.05) is 113 Å². The van der Waals surface area contributed by atoms with E-state index < -0.39 is 92.4 Å². The summed E-state index contributed by atoms with van der Waals surface area (Å²) in [6, 6.07) is 17.8. The highest BCUT2D eigenvalue weighted by molar-refractivity contribution is 6.02. The van der Waals surface area contributed by atoms with Crippen LogP contribution in [0, 0.1) is 39.9 Å². The number of esters is 3. The number of piperidine rings is 1. The molecule has 3 aromatic carbocycles. The number of benzene rings is 3. The maximum Gasteiger partial charge on any atom is 0.344 e. The van der Waals surface area contributed by atoms with Gasteiger partial charge in [0.1, 0.15) is 29.2 Å². The van der Waals surface area contributed by atoms with Crippen molar-refractivity contribution in [3.8, 4) is 5.75 Å². The Labute approximate surface area is 596 Å². The SMILES string of the molecule is CC[C@]1(O)C[C@@H]2CN(CCc3c([nH]c4ccccc34)[C@@](C(=O)OC)(c3ccc4c(c3OC)N(C=O)[C@H]3[C@@](O)(C(=O)OC)[C@H](OC(C)=O)[C@]5(CC)C=CCN6CC[C@]43[C@@H]65)C2)C1.CNNCc1ccc(C(=O)NC(C)C)cc1.C[C@]12C=CC(=O)C=C1CC[C@@H]1[C@@H]2C(=O)C[C@@]2(C)[C@H]1CC[C@]2(O)C(=O)CO. The lowest BCUT2D eigenvalue weighted by atomic mass is 9.46. The van der Waals surface area contributed by atoms with Gasteiger partial charge in [-0.1, -0.05) is 94.0 Å². The van der Waals surface area contributed by atoms with E-state index in [2.05, 4.69) is 31.0 Å². The number of hydrogen-bond donors (Lipinski definition) is 8. The molecule has 1 aromatic heterocycles. The van der Waals surface area contributed by atoms with Gasteiger partial charge < -0.3 is 54.6 Å². The van der Waals surface area contributed by atoms with Gasteiger partial charge >= 0.3 is 17.9 Å². The predicted molar refractivity (Wildman–Crippen MR) is 380 cm³/mol. The van der Waals surface area contributed by atoms with Gasteiger partial charge in [-0.25, -0.2) is 4.79 Å². The molecule has 23 heteroatoms. The molecule has 548 valence electrons. The van der Waals surface area contributed by atoms with Crippen LogP contribution in [0.25, 0.3) is 10.9 Å². The van der Waals surface area contributed by atoms with E-state index in [4.69, 9.17) is 18.9 Å². The first-order valence-corrected chi connectivity index (χ1v) is 36.2. The zero-order valence-corrected chi connectivity index (χ0v) is 60.6. The van der Waals surface area contributed by atoms with Gasteiger partial charge in [0.05, 0.1) is 38.7 Å². The number of aromatic nitrogens is 1. The number of carbonyl (C=O) groups excluding carboxylic acids is 8. The second kappa shape index (κ2) is 27.7. The van der Waals surface area contributed by atoms with Crippen LogP contribution >= 0.6 is 0 Å².